The van der Waals surface area contributed by atoms with E-state index >= 15 is 0 Å². The number of piperazine rings is 1. The Morgan fingerprint density at radius 3 is 2.32 bits per heavy atom. The molecule has 12 heteroatoms. The number of hydrogen-bond acceptors (Lipinski definition) is 4. The molecule has 0 radical (unpaired) electrons. The first-order valence-electron chi connectivity index (χ1n) is 13.5. The van der Waals surface area contributed by atoms with E-state index in [1.807, 2.05) is 37.4 Å². The van der Waals surface area contributed by atoms with Gasteiger partial charge in [-0.05, 0) is 56.1 Å². The van der Waals surface area contributed by atoms with Gasteiger partial charge in [0.05, 0.1) is 24.3 Å². The van der Waals surface area contributed by atoms with Gasteiger partial charge < -0.3 is 19.4 Å². The summed E-state index contributed by atoms with van der Waals surface area (Å²) in [5.74, 6) is -1.49. The van der Waals surface area contributed by atoms with Gasteiger partial charge in [-0.1, -0.05) is 18.2 Å². The van der Waals surface area contributed by atoms with Crippen LogP contribution in [0.4, 0.5) is 26.3 Å². The molecule has 3 aromatic rings. The number of amides is 1. The van der Waals surface area contributed by atoms with E-state index < -0.39 is 46.8 Å². The molecule has 2 fully saturated rings. The number of H-pyrrole nitrogens is 1. The van der Waals surface area contributed by atoms with Crippen LogP contribution in [0.25, 0.3) is 10.9 Å². The molecule has 1 atom stereocenters. The number of nitrogens with zero attached hydrogens (tertiary/aromatic N) is 2. The second-order valence-electron chi connectivity index (χ2n) is 10.7. The first-order chi connectivity index (χ1) is 19.3. The third-order valence-electron chi connectivity index (χ3n) is 7.80. The molecular weight excluding hydrogens is 552 g/mol. The van der Waals surface area contributed by atoms with Crippen LogP contribution in [0.3, 0.4) is 0 Å². The molecule has 0 unspecified atom stereocenters. The van der Waals surface area contributed by atoms with Crippen molar-refractivity contribution in [1.82, 2.24) is 14.8 Å². The molecule has 0 spiro atoms. The van der Waals surface area contributed by atoms with Crippen LogP contribution < -0.4 is 0 Å². The number of aromatic amines is 1. The summed E-state index contributed by atoms with van der Waals surface area (Å²) in [5, 5.41) is 0.943. The highest BCUT2D eigenvalue weighted by molar-refractivity contribution is 5.95. The minimum Gasteiger partial charge on any atom is -0.361 e. The predicted molar refractivity (Wildman–Crippen MR) is 139 cm³/mol. The Kier molecular flexibility index (Phi) is 8.10. The lowest BCUT2D eigenvalue weighted by Crippen LogP contribution is -2.56. The topological polar surface area (TPSA) is 57.8 Å². The Labute approximate surface area is 233 Å². The van der Waals surface area contributed by atoms with Crippen molar-refractivity contribution in [3.05, 3.63) is 70.9 Å². The Bertz CT molecular complexity index is 1350. The number of fused-ring (bicyclic) bond motifs is 1. The zero-order valence-electron chi connectivity index (χ0n) is 22.4. The lowest BCUT2D eigenvalue weighted by Gasteiger charge is -2.42. The highest BCUT2D eigenvalue weighted by atomic mass is 19.4. The van der Waals surface area contributed by atoms with Gasteiger partial charge in [0, 0.05) is 54.8 Å². The zero-order valence-corrected chi connectivity index (χ0v) is 22.4. The summed E-state index contributed by atoms with van der Waals surface area (Å²) < 4.78 is 92.4. The first kappa shape index (κ1) is 29.4. The molecule has 0 bridgehead atoms. The highest BCUT2D eigenvalue weighted by Crippen LogP contribution is 2.37. The average Bonchev–Trinajstić information content (AvgIpc) is 3.54. The fourth-order valence-corrected chi connectivity index (χ4v) is 5.69. The monoisotopic (exact) mass is 583 g/mol. The van der Waals surface area contributed by atoms with Gasteiger partial charge in [-0.3, -0.25) is 9.69 Å². The third-order valence-corrected chi connectivity index (χ3v) is 7.80. The van der Waals surface area contributed by atoms with Crippen LogP contribution in [-0.4, -0.2) is 71.9 Å². The van der Waals surface area contributed by atoms with E-state index in [4.69, 9.17) is 9.47 Å². The summed E-state index contributed by atoms with van der Waals surface area (Å²) >= 11 is 0. The van der Waals surface area contributed by atoms with Crippen LogP contribution in [0.2, 0.25) is 0 Å². The molecule has 1 N–H and O–H groups in total. The van der Waals surface area contributed by atoms with Gasteiger partial charge in [-0.15, -0.1) is 0 Å². The molecule has 5 rings (SSSR count). The van der Waals surface area contributed by atoms with Crippen molar-refractivity contribution in [2.45, 2.75) is 50.4 Å². The van der Waals surface area contributed by atoms with Crippen LogP contribution in [0.5, 0.6) is 0 Å². The molecule has 0 aliphatic carbocycles. The van der Waals surface area contributed by atoms with Gasteiger partial charge in [0.15, 0.2) is 5.79 Å². The molecule has 2 aliphatic heterocycles. The number of para-hydroxylation sites is 1. The Hall–Kier alpha value is -3.09. The third kappa shape index (κ3) is 6.70. The van der Waals surface area contributed by atoms with Crippen LogP contribution in [-0.2, 0) is 28.2 Å². The Morgan fingerprint density at radius 1 is 1.00 bits per heavy atom. The number of ether oxygens (including phenoxy) is 2. The van der Waals surface area contributed by atoms with Gasteiger partial charge in [0.1, 0.15) is 0 Å². The Morgan fingerprint density at radius 2 is 1.66 bits per heavy atom. The number of alkyl halides is 6. The molecule has 2 saturated heterocycles. The number of benzene rings is 2. The van der Waals surface area contributed by atoms with Crippen molar-refractivity contribution in [2.24, 2.45) is 0 Å². The number of carbonyl (C=O) groups is 1. The second kappa shape index (κ2) is 11.3. The van der Waals surface area contributed by atoms with E-state index in [1.54, 1.807) is 0 Å². The lowest BCUT2D eigenvalue weighted by atomic mass is 9.98. The fourth-order valence-electron chi connectivity index (χ4n) is 5.69. The maximum absolute atomic E-state index is 13.6. The number of aromatic nitrogens is 1. The molecular formula is C29H31F6N3O3. The second-order valence-corrected chi connectivity index (χ2v) is 10.7. The summed E-state index contributed by atoms with van der Waals surface area (Å²) in [4.78, 5) is 20.4. The summed E-state index contributed by atoms with van der Waals surface area (Å²) in [7, 11) is 0. The van der Waals surface area contributed by atoms with E-state index in [2.05, 4.69) is 9.88 Å². The van der Waals surface area contributed by atoms with E-state index in [0.717, 1.165) is 22.9 Å². The van der Waals surface area contributed by atoms with E-state index in [9.17, 15) is 31.1 Å². The van der Waals surface area contributed by atoms with Crippen LogP contribution in [0.15, 0.2) is 48.7 Å². The Balaban J connectivity index is 1.40. The summed E-state index contributed by atoms with van der Waals surface area (Å²) in [5.41, 5.74) is -1.84. The molecule has 1 amide bonds. The molecule has 3 heterocycles. The van der Waals surface area contributed by atoms with Gasteiger partial charge >= 0.3 is 12.4 Å². The number of carbonyl (C=O) groups excluding carboxylic acids is 1. The SMILES string of the molecule is CC1(CCCN2CCN(C(=O)c3cc(C(F)(F)F)cc(C(F)(F)F)c3)[C@H](Cc3c[nH]c4ccccc34)C2)OCCO1. The molecule has 1 aromatic heterocycles. The number of nitrogens with one attached hydrogen (secondary N) is 1. The van der Waals surface area contributed by atoms with Crippen LogP contribution in [0.1, 0.15) is 46.8 Å². The molecule has 6 nitrogen and oxygen atoms in total. The maximum Gasteiger partial charge on any atom is 0.416 e. The molecule has 0 saturated carbocycles. The molecule has 2 aliphatic rings. The zero-order chi connectivity index (χ0) is 29.4. The van der Waals surface area contributed by atoms with E-state index in [1.165, 1.54) is 4.90 Å². The van der Waals surface area contributed by atoms with Crippen molar-refractivity contribution in [2.75, 3.05) is 39.4 Å². The number of halogens is 6. The quantitative estimate of drug-likeness (QED) is 0.341. The standard InChI is InChI=1S/C29H31F6N3O3/c1-27(40-11-12-41-27)7-4-8-37-9-10-38(23(18-37)15-20-17-36-25-6-3-2-5-24(20)25)26(39)19-13-21(28(30,31)32)16-22(14-19)29(33,34)35/h2-3,5-6,13-14,16-17,23,36H,4,7-12,15,18H2,1H3/t23-/m1/s1. The van der Waals surface area contributed by atoms with Crippen LogP contribution >= 0.6 is 0 Å². The lowest BCUT2D eigenvalue weighted by molar-refractivity contribution is -0.148. The first-order valence-corrected chi connectivity index (χ1v) is 13.5. The van der Waals surface area contributed by atoms with Gasteiger partial charge in [0.2, 0.25) is 0 Å². The summed E-state index contributed by atoms with van der Waals surface area (Å²) in [6.07, 6.45) is -6.45. The molecule has 222 valence electrons. The van der Waals surface area contributed by atoms with Gasteiger partial charge in [0.25, 0.3) is 5.91 Å². The van der Waals surface area contributed by atoms with Crippen molar-refractivity contribution < 1.29 is 40.6 Å². The number of hydrogen-bond donors (Lipinski definition) is 1. The van der Waals surface area contributed by atoms with Crippen LogP contribution in [0, 0.1) is 0 Å². The minimum absolute atomic E-state index is 0.0381. The normalized spacial score (nSPS) is 20.2. The molecule has 2 aromatic carbocycles. The minimum atomic E-state index is -5.04. The average molecular weight is 584 g/mol. The van der Waals surface area contributed by atoms with E-state index in [-0.39, 0.29) is 12.6 Å². The van der Waals surface area contributed by atoms with Gasteiger partial charge in [-0.2, -0.15) is 26.3 Å². The van der Waals surface area contributed by atoms with Crippen molar-refractivity contribution in [1.29, 1.82) is 0 Å². The maximum atomic E-state index is 13.6. The largest absolute Gasteiger partial charge is 0.416 e. The highest BCUT2D eigenvalue weighted by Gasteiger charge is 2.39. The fraction of sp³-hybridized carbons (Fsp3) is 0.483. The van der Waals surface area contributed by atoms with Crippen molar-refractivity contribution in [3.63, 3.8) is 0 Å². The smallest absolute Gasteiger partial charge is 0.361 e. The van der Waals surface area contributed by atoms with Crippen molar-refractivity contribution in [3.8, 4) is 0 Å². The van der Waals surface area contributed by atoms with E-state index in [0.29, 0.717) is 57.8 Å². The summed E-state index contributed by atoms with van der Waals surface area (Å²) in [6, 6.07) is 8.17. The number of rotatable bonds is 7. The van der Waals surface area contributed by atoms with Gasteiger partial charge in [-0.25, -0.2) is 0 Å². The molecule has 41 heavy (non-hydrogen) atoms. The van der Waals surface area contributed by atoms with Crippen molar-refractivity contribution >= 4 is 16.8 Å². The predicted octanol–water partition coefficient (Wildman–Crippen LogP) is 6.12. The summed E-state index contributed by atoms with van der Waals surface area (Å²) in [6.45, 7) is 4.64.